The van der Waals surface area contributed by atoms with Crippen molar-refractivity contribution in [1.29, 1.82) is 0 Å². The van der Waals surface area contributed by atoms with Crippen molar-refractivity contribution in [2.75, 3.05) is 36.6 Å². The minimum atomic E-state index is -4.37. The Hall–Kier alpha value is -3.07. The number of hydrogen-bond donors (Lipinski definition) is 1. The van der Waals surface area contributed by atoms with E-state index < -0.39 is 54.3 Å². The molecule has 1 aromatic carbocycles. The number of benzene rings is 1. The normalized spacial score (nSPS) is 23.5. The smallest absolute Gasteiger partial charge is 0.335 e. The molecule has 0 saturated carbocycles. The molecule has 2 saturated heterocycles. The highest BCUT2D eigenvalue weighted by Gasteiger charge is 2.41. The molecule has 1 aromatic rings. The zero-order valence-corrected chi connectivity index (χ0v) is 19.7. The molecule has 0 spiro atoms. The fourth-order valence-corrected chi connectivity index (χ4v) is 7.20. The van der Waals surface area contributed by atoms with Crippen molar-refractivity contribution in [3.63, 3.8) is 0 Å². The molecule has 0 bridgehead atoms. The number of urea groups is 1. The molecule has 4 rings (SSSR count). The number of rotatable bonds is 6. The third-order valence-corrected chi connectivity index (χ3v) is 9.07. The number of anilines is 1. The average molecular weight is 514 g/mol. The van der Waals surface area contributed by atoms with Crippen LogP contribution in [0.15, 0.2) is 23.1 Å². The summed E-state index contributed by atoms with van der Waals surface area (Å²) in [5.41, 5.74) is -0.505. The Morgan fingerprint density at radius 1 is 1.24 bits per heavy atom. The Bertz CT molecular complexity index is 1180. The molecule has 3 heterocycles. The van der Waals surface area contributed by atoms with Gasteiger partial charge in [-0.3, -0.25) is 23.9 Å². The van der Waals surface area contributed by atoms with Gasteiger partial charge in [-0.25, -0.2) is 17.5 Å². The maximum absolute atomic E-state index is 12.9. The topological polar surface area (TPSA) is 167 Å². The zero-order chi connectivity index (χ0) is 24.6. The predicted octanol–water partition coefficient (Wildman–Crippen LogP) is 0.451. The van der Waals surface area contributed by atoms with E-state index in [4.69, 9.17) is 0 Å². The van der Waals surface area contributed by atoms with Gasteiger partial charge in [0.15, 0.2) is 0 Å². The maximum atomic E-state index is 12.9. The Kier molecular flexibility index (Phi) is 6.58. The third kappa shape index (κ3) is 4.49. The molecular formula is C19H23N5O8S2. The highest BCUT2D eigenvalue weighted by molar-refractivity contribution is 7.90. The summed E-state index contributed by atoms with van der Waals surface area (Å²) in [6, 6.07) is 1.37. The van der Waals surface area contributed by atoms with E-state index in [1.807, 2.05) is 0 Å². The first-order valence-corrected chi connectivity index (χ1v) is 13.6. The lowest BCUT2D eigenvalue weighted by atomic mass is 10.2. The van der Waals surface area contributed by atoms with Gasteiger partial charge in [-0.1, -0.05) is 0 Å². The van der Waals surface area contributed by atoms with Gasteiger partial charge < -0.3 is 15.1 Å². The summed E-state index contributed by atoms with van der Waals surface area (Å²) in [4.78, 5) is 50.7. The second-order valence-corrected chi connectivity index (χ2v) is 11.5. The fraction of sp³-hybridized carbons (Fsp3) is 0.526. The van der Waals surface area contributed by atoms with Crippen LogP contribution in [-0.4, -0.2) is 86.8 Å². The van der Waals surface area contributed by atoms with Crippen LogP contribution < -0.4 is 5.32 Å². The van der Waals surface area contributed by atoms with Crippen LogP contribution in [0.1, 0.15) is 25.7 Å². The number of nitrogens with zero attached hydrogens (tertiary/aromatic N) is 4. The number of likely N-dealkylation sites (tertiary alicyclic amines) is 1. The van der Waals surface area contributed by atoms with E-state index in [1.165, 1.54) is 4.90 Å². The summed E-state index contributed by atoms with van der Waals surface area (Å²) in [6.07, 6.45) is 1.56. The SMILES string of the molecule is O=C([C@@H]1CS(=O)CN1C(=O)CCCN1C(=O)Nc2ccc([N+](=O)[O-])cc2S1(=O)=O)N1CCCC1. The maximum Gasteiger partial charge on any atom is 0.335 e. The van der Waals surface area contributed by atoms with Gasteiger partial charge in [0.2, 0.25) is 11.8 Å². The van der Waals surface area contributed by atoms with Crippen molar-refractivity contribution in [3.8, 4) is 0 Å². The van der Waals surface area contributed by atoms with E-state index in [-0.39, 0.29) is 42.6 Å². The molecule has 3 aliphatic rings. The fourth-order valence-electron chi connectivity index (χ4n) is 4.25. The number of fused-ring (bicyclic) bond motifs is 1. The van der Waals surface area contributed by atoms with Crippen molar-refractivity contribution in [1.82, 2.24) is 14.1 Å². The highest BCUT2D eigenvalue weighted by atomic mass is 32.2. The Morgan fingerprint density at radius 2 is 1.94 bits per heavy atom. The number of hydrogen-bond acceptors (Lipinski definition) is 8. The van der Waals surface area contributed by atoms with Gasteiger partial charge >= 0.3 is 6.03 Å². The standard InChI is InChI=1S/C19H23N5O8S2/c25-17(22-12-33(30)11-15(22)18(26)21-7-1-2-8-21)4-3-9-23-19(27)20-14-6-5-13(24(28)29)10-16(14)34(23,31)32/h5-6,10,15H,1-4,7-9,11-12H2,(H,20,27)/t15-,33?/m0/s1. The van der Waals surface area contributed by atoms with Crippen molar-refractivity contribution >= 4 is 50.0 Å². The molecule has 34 heavy (non-hydrogen) atoms. The van der Waals surface area contributed by atoms with Gasteiger partial charge in [0.1, 0.15) is 10.9 Å². The number of non-ortho nitro benzene ring substituents is 1. The van der Waals surface area contributed by atoms with Crippen molar-refractivity contribution in [2.24, 2.45) is 0 Å². The zero-order valence-electron chi connectivity index (χ0n) is 18.0. The molecule has 15 heteroatoms. The van der Waals surface area contributed by atoms with Crippen LogP contribution in [0.25, 0.3) is 0 Å². The van der Waals surface area contributed by atoms with Crippen LogP contribution in [0.5, 0.6) is 0 Å². The van der Waals surface area contributed by atoms with E-state index in [1.54, 1.807) is 4.90 Å². The molecule has 2 atom stereocenters. The average Bonchev–Trinajstić information content (AvgIpc) is 3.45. The van der Waals surface area contributed by atoms with Crippen LogP contribution in [0, 0.1) is 10.1 Å². The highest BCUT2D eigenvalue weighted by Crippen LogP contribution is 2.33. The molecule has 1 unspecified atom stereocenters. The third-order valence-electron chi connectivity index (χ3n) is 5.99. The minimum absolute atomic E-state index is 0.0382. The van der Waals surface area contributed by atoms with E-state index in [2.05, 4.69) is 5.32 Å². The molecule has 0 aliphatic carbocycles. The largest absolute Gasteiger partial charge is 0.341 e. The number of nitro groups is 1. The molecule has 1 N–H and O–H groups in total. The Morgan fingerprint density at radius 3 is 2.62 bits per heavy atom. The molecule has 184 valence electrons. The summed E-state index contributed by atoms with van der Waals surface area (Å²) in [5.74, 6) is -0.676. The molecular weight excluding hydrogens is 490 g/mol. The quantitative estimate of drug-likeness (QED) is 0.422. The molecule has 3 aliphatic heterocycles. The molecule has 2 fully saturated rings. The Balaban J connectivity index is 1.42. The van der Waals surface area contributed by atoms with Crippen LogP contribution in [0.2, 0.25) is 0 Å². The van der Waals surface area contributed by atoms with E-state index in [9.17, 15) is 37.1 Å². The molecule has 4 amide bonds. The van der Waals surface area contributed by atoms with Gasteiger partial charge in [0.25, 0.3) is 15.7 Å². The monoisotopic (exact) mass is 513 g/mol. The summed E-state index contributed by atoms with van der Waals surface area (Å²) >= 11 is 0. The first-order valence-electron chi connectivity index (χ1n) is 10.6. The molecule has 0 aromatic heterocycles. The molecule has 0 radical (unpaired) electrons. The lowest BCUT2D eigenvalue weighted by molar-refractivity contribution is -0.385. The summed E-state index contributed by atoms with van der Waals surface area (Å²) in [6.45, 7) is 0.862. The number of carbonyl (C=O) groups is 3. The van der Waals surface area contributed by atoms with Crippen LogP contribution >= 0.6 is 0 Å². The van der Waals surface area contributed by atoms with Crippen LogP contribution in [0.3, 0.4) is 0 Å². The number of sulfonamides is 1. The second-order valence-electron chi connectivity index (χ2n) is 8.20. The van der Waals surface area contributed by atoms with Gasteiger partial charge in [0, 0.05) is 49.0 Å². The van der Waals surface area contributed by atoms with Gasteiger partial charge in [0.05, 0.1) is 22.2 Å². The Labute approximate surface area is 197 Å². The van der Waals surface area contributed by atoms with Gasteiger partial charge in [-0.15, -0.1) is 0 Å². The summed E-state index contributed by atoms with van der Waals surface area (Å²) in [7, 11) is -5.72. The van der Waals surface area contributed by atoms with Gasteiger partial charge in [-0.05, 0) is 25.3 Å². The molecule has 13 nitrogen and oxygen atoms in total. The number of carbonyl (C=O) groups excluding carboxylic acids is 3. The van der Waals surface area contributed by atoms with E-state index in [0.29, 0.717) is 17.4 Å². The van der Waals surface area contributed by atoms with Crippen molar-refractivity contribution < 1.29 is 31.9 Å². The summed E-state index contributed by atoms with van der Waals surface area (Å²) < 4.78 is 38.4. The van der Waals surface area contributed by atoms with Gasteiger partial charge in [-0.2, -0.15) is 0 Å². The number of nitrogens with one attached hydrogen (secondary N) is 1. The lowest BCUT2D eigenvalue weighted by Gasteiger charge is -2.29. The van der Waals surface area contributed by atoms with E-state index in [0.717, 1.165) is 31.0 Å². The van der Waals surface area contributed by atoms with Crippen molar-refractivity contribution in [3.05, 3.63) is 28.3 Å². The first kappa shape index (κ1) is 24.1. The predicted molar refractivity (Wildman–Crippen MR) is 120 cm³/mol. The van der Waals surface area contributed by atoms with E-state index >= 15 is 0 Å². The minimum Gasteiger partial charge on any atom is -0.341 e. The van der Waals surface area contributed by atoms with Crippen LogP contribution in [0.4, 0.5) is 16.2 Å². The summed E-state index contributed by atoms with van der Waals surface area (Å²) in [5, 5.41) is 13.4. The number of nitro benzene ring substituents is 1. The van der Waals surface area contributed by atoms with Crippen LogP contribution in [-0.2, 0) is 30.4 Å². The first-order chi connectivity index (χ1) is 16.1. The lowest BCUT2D eigenvalue weighted by Crippen LogP contribution is -2.48. The second kappa shape index (κ2) is 9.29. The van der Waals surface area contributed by atoms with Crippen molar-refractivity contribution in [2.45, 2.75) is 36.6 Å². The number of amides is 4.